The van der Waals surface area contributed by atoms with Crippen molar-refractivity contribution in [1.82, 2.24) is 4.98 Å². The van der Waals surface area contributed by atoms with Crippen molar-refractivity contribution in [2.24, 2.45) is 5.73 Å². The third-order valence-corrected chi connectivity index (χ3v) is 3.23. The Bertz CT molecular complexity index is 503. The molecule has 1 atom stereocenters. The van der Waals surface area contributed by atoms with E-state index in [-0.39, 0.29) is 6.04 Å². The van der Waals surface area contributed by atoms with Crippen molar-refractivity contribution in [3.05, 3.63) is 59.8 Å². The molecule has 1 fully saturated rings. The predicted octanol–water partition coefficient (Wildman–Crippen LogP) is 2.70. The molecule has 1 heterocycles. The van der Waals surface area contributed by atoms with Gasteiger partial charge in [-0.1, -0.05) is 36.4 Å². The van der Waals surface area contributed by atoms with Crippen LogP contribution in [0.4, 0.5) is 5.82 Å². The van der Waals surface area contributed by atoms with E-state index in [0.717, 1.165) is 16.9 Å². The van der Waals surface area contributed by atoms with E-state index >= 15 is 0 Å². The average molecular weight is 239 g/mol. The van der Waals surface area contributed by atoms with Gasteiger partial charge in [-0.2, -0.15) is 0 Å². The number of nitrogens with two attached hydrogens (primary N) is 1. The Hall–Kier alpha value is -1.87. The number of nitrogens with one attached hydrogen (secondary N) is 1. The molecule has 0 saturated heterocycles. The average Bonchev–Trinajstić information content (AvgIpc) is 3.24. The topological polar surface area (TPSA) is 50.9 Å². The maximum atomic E-state index is 6.22. The van der Waals surface area contributed by atoms with E-state index in [2.05, 4.69) is 16.4 Å². The van der Waals surface area contributed by atoms with Gasteiger partial charge in [0.1, 0.15) is 5.82 Å². The molecule has 0 aliphatic heterocycles. The summed E-state index contributed by atoms with van der Waals surface area (Å²) < 4.78 is 0. The highest BCUT2D eigenvalue weighted by atomic mass is 15.0. The molecular formula is C15H17N3. The molecule has 18 heavy (non-hydrogen) atoms. The fourth-order valence-corrected chi connectivity index (χ4v) is 1.96. The highest BCUT2D eigenvalue weighted by Crippen LogP contribution is 2.24. The summed E-state index contributed by atoms with van der Waals surface area (Å²) in [7, 11) is 0. The highest BCUT2D eigenvalue weighted by molar-refractivity contribution is 5.40. The minimum Gasteiger partial charge on any atom is -0.367 e. The van der Waals surface area contributed by atoms with Crippen LogP contribution in [0.1, 0.15) is 30.0 Å². The number of benzene rings is 1. The van der Waals surface area contributed by atoms with Crippen LogP contribution in [0, 0.1) is 0 Å². The van der Waals surface area contributed by atoms with Gasteiger partial charge in [-0.3, -0.25) is 0 Å². The molecule has 3 N–H and O–H groups in total. The van der Waals surface area contributed by atoms with Crippen molar-refractivity contribution < 1.29 is 0 Å². The molecule has 0 amide bonds. The number of rotatable bonds is 4. The smallest absolute Gasteiger partial charge is 0.126 e. The summed E-state index contributed by atoms with van der Waals surface area (Å²) in [5, 5.41) is 3.37. The summed E-state index contributed by atoms with van der Waals surface area (Å²) in [5.41, 5.74) is 8.38. The number of anilines is 1. The third kappa shape index (κ3) is 2.51. The quantitative estimate of drug-likeness (QED) is 0.862. The van der Waals surface area contributed by atoms with Crippen LogP contribution in [0.15, 0.2) is 48.7 Å². The Morgan fingerprint density at radius 1 is 1.06 bits per heavy atom. The molecule has 1 aromatic heterocycles. The summed E-state index contributed by atoms with van der Waals surface area (Å²) >= 11 is 0. The molecule has 0 bridgehead atoms. The number of hydrogen-bond donors (Lipinski definition) is 2. The number of pyridine rings is 1. The van der Waals surface area contributed by atoms with E-state index < -0.39 is 0 Å². The number of aromatic nitrogens is 1. The lowest BCUT2D eigenvalue weighted by Crippen LogP contribution is -2.12. The van der Waals surface area contributed by atoms with Crippen LogP contribution in [0.25, 0.3) is 0 Å². The number of hydrogen-bond acceptors (Lipinski definition) is 3. The molecule has 3 rings (SSSR count). The fourth-order valence-electron chi connectivity index (χ4n) is 1.96. The molecule has 0 radical (unpaired) electrons. The molecule has 1 aliphatic rings. The van der Waals surface area contributed by atoms with Gasteiger partial charge in [-0.25, -0.2) is 4.98 Å². The molecule has 1 aromatic carbocycles. The van der Waals surface area contributed by atoms with Crippen molar-refractivity contribution in [3.63, 3.8) is 0 Å². The normalized spacial score (nSPS) is 16.3. The summed E-state index contributed by atoms with van der Waals surface area (Å²) in [6.07, 6.45) is 4.38. The summed E-state index contributed by atoms with van der Waals surface area (Å²) in [4.78, 5) is 4.41. The minimum atomic E-state index is -0.103. The van der Waals surface area contributed by atoms with Gasteiger partial charge in [0, 0.05) is 12.2 Å². The van der Waals surface area contributed by atoms with Crippen molar-refractivity contribution in [3.8, 4) is 0 Å². The maximum Gasteiger partial charge on any atom is 0.126 e. The highest BCUT2D eigenvalue weighted by Gasteiger charge is 2.21. The lowest BCUT2D eigenvalue weighted by atomic mass is 10.0. The predicted molar refractivity (Wildman–Crippen MR) is 73.4 cm³/mol. The van der Waals surface area contributed by atoms with Crippen LogP contribution in [0.5, 0.6) is 0 Å². The van der Waals surface area contributed by atoms with Crippen molar-refractivity contribution in [2.75, 3.05) is 5.32 Å². The summed E-state index contributed by atoms with van der Waals surface area (Å²) in [5.74, 6) is 0.946. The van der Waals surface area contributed by atoms with Gasteiger partial charge in [-0.05, 0) is 30.0 Å². The lowest BCUT2D eigenvalue weighted by Gasteiger charge is -2.12. The van der Waals surface area contributed by atoms with Gasteiger partial charge < -0.3 is 11.1 Å². The maximum absolute atomic E-state index is 6.22. The first kappa shape index (κ1) is 11.2. The molecule has 3 heteroatoms. The van der Waals surface area contributed by atoms with Crippen LogP contribution >= 0.6 is 0 Å². The molecule has 92 valence electrons. The first-order chi connectivity index (χ1) is 8.83. The SMILES string of the molecule is NC(c1ccccc1)c1ccc(NC2CC2)nc1. The largest absolute Gasteiger partial charge is 0.367 e. The van der Waals surface area contributed by atoms with Crippen LogP contribution in [-0.2, 0) is 0 Å². The second-order valence-electron chi connectivity index (χ2n) is 4.78. The van der Waals surface area contributed by atoms with E-state index in [0.29, 0.717) is 6.04 Å². The molecule has 3 nitrogen and oxygen atoms in total. The van der Waals surface area contributed by atoms with Crippen LogP contribution < -0.4 is 11.1 Å². The van der Waals surface area contributed by atoms with Crippen LogP contribution in [0.3, 0.4) is 0 Å². The van der Waals surface area contributed by atoms with Gasteiger partial charge in [0.05, 0.1) is 6.04 Å². The van der Waals surface area contributed by atoms with E-state index in [1.807, 2.05) is 42.6 Å². The Balaban J connectivity index is 1.75. The van der Waals surface area contributed by atoms with Gasteiger partial charge in [0.15, 0.2) is 0 Å². The monoisotopic (exact) mass is 239 g/mol. The van der Waals surface area contributed by atoms with E-state index in [9.17, 15) is 0 Å². The summed E-state index contributed by atoms with van der Waals surface area (Å²) in [6.45, 7) is 0. The van der Waals surface area contributed by atoms with E-state index in [1.165, 1.54) is 12.8 Å². The minimum absolute atomic E-state index is 0.103. The third-order valence-electron chi connectivity index (χ3n) is 3.23. The second kappa shape index (κ2) is 4.78. The van der Waals surface area contributed by atoms with Crippen LogP contribution in [0.2, 0.25) is 0 Å². The van der Waals surface area contributed by atoms with Crippen LogP contribution in [-0.4, -0.2) is 11.0 Å². The second-order valence-corrected chi connectivity index (χ2v) is 4.78. The van der Waals surface area contributed by atoms with Crippen molar-refractivity contribution in [1.29, 1.82) is 0 Å². The zero-order chi connectivity index (χ0) is 12.4. The molecule has 0 spiro atoms. The Morgan fingerprint density at radius 3 is 2.44 bits per heavy atom. The van der Waals surface area contributed by atoms with Gasteiger partial charge in [-0.15, -0.1) is 0 Å². The standard InChI is InChI=1S/C15H17N3/c16-15(11-4-2-1-3-5-11)12-6-9-14(17-10-12)18-13-7-8-13/h1-6,9-10,13,15H,7-8,16H2,(H,17,18). The van der Waals surface area contributed by atoms with E-state index in [1.54, 1.807) is 0 Å². The number of nitrogens with zero attached hydrogens (tertiary/aromatic N) is 1. The Morgan fingerprint density at radius 2 is 1.83 bits per heavy atom. The molecule has 1 unspecified atom stereocenters. The zero-order valence-corrected chi connectivity index (χ0v) is 10.2. The molecule has 1 saturated carbocycles. The molecular weight excluding hydrogens is 222 g/mol. The molecule has 1 aliphatic carbocycles. The van der Waals surface area contributed by atoms with Gasteiger partial charge in [0.2, 0.25) is 0 Å². The molecule has 2 aromatic rings. The summed E-state index contributed by atoms with van der Waals surface area (Å²) in [6, 6.07) is 14.7. The lowest BCUT2D eigenvalue weighted by molar-refractivity contribution is 0.863. The first-order valence-electron chi connectivity index (χ1n) is 6.36. The Labute approximate surface area is 107 Å². The van der Waals surface area contributed by atoms with Gasteiger partial charge in [0.25, 0.3) is 0 Å². The van der Waals surface area contributed by atoms with Crippen molar-refractivity contribution in [2.45, 2.75) is 24.9 Å². The fraction of sp³-hybridized carbons (Fsp3) is 0.267. The Kier molecular flexibility index (Phi) is 2.99. The zero-order valence-electron chi connectivity index (χ0n) is 10.2. The van der Waals surface area contributed by atoms with Gasteiger partial charge >= 0.3 is 0 Å². The first-order valence-corrected chi connectivity index (χ1v) is 6.36. The van der Waals surface area contributed by atoms with E-state index in [4.69, 9.17) is 5.73 Å². The van der Waals surface area contributed by atoms with Crippen molar-refractivity contribution >= 4 is 5.82 Å².